The molecule has 30 aromatic rings. The molecule has 0 aliphatic heterocycles. The molecular weight excluding hydrogens is 1710 g/mol. The third-order valence-corrected chi connectivity index (χ3v) is 27.9. The van der Waals surface area contributed by atoms with E-state index in [1.54, 1.807) is 18.2 Å². The third kappa shape index (κ3) is 13.2. The maximum Gasteiger partial charge on any atom is 0.143 e. The minimum absolute atomic E-state index is 0.170. The van der Waals surface area contributed by atoms with Crippen LogP contribution in [-0.2, 0) is 0 Å². The molecule has 0 aliphatic carbocycles. The van der Waals surface area contributed by atoms with Gasteiger partial charge in [0.1, 0.15) is 33.5 Å². The first-order chi connectivity index (χ1) is 80.0. The maximum absolute atomic E-state index is 9.54. The predicted octanol–water partition coefficient (Wildman–Crippen LogP) is 39.6. The molecule has 3 heterocycles. The highest BCUT2D eigenvalue weighted by atomic mass is 16.3. The third-order valence-electron chi connectivity index (χ3n) is 27.9. The van der Waals surface area contributed by atoms with E-state index < -0.39 is 72.5 Å². The summed E-state index contributed by atoms with van der Waals surface area (Å²) in [7, 11) is 0. The van der Waals surface area contributed by atoms with Gasteiger partial charge in [-0.1, -0.05) is 454 Å². The molecule has 0 bridgehead atoms. The second kappa shape index (κ2) is 33.2. The van der Waals surface area contributed by atoms with Crippen molar-refractivity contribution in [1.82, 2.24) is 0 Å². The van der Waals surface area contributed by atoms with Crippen molar-refractivity contribution in [3.05, 3.63) is 509 Å². The van der Waals surface area contributed by atoms with Gasteiger partial charge in [0.15, 0.2) is 0 Å². The summed E-state index contributed by atoms with van der Waals surface area (Å²) >= 11 is 0. The van der Waals surface area contributed by atoms with E-state index in [1.165, 1.54) is 0 Å². The molecule has 0 N–H and O–H groups in total. The lowest BCUT2D eigenvalue weighted by molar-refractivity contribution is 0.672. The summed E-state index contributed by atoms with van der Waals surface area (Å²) in [5.74, 6) is 0. The average molecular weight is 1810 g/mol. The smallest absolute Gasteiger partial charge is 0.143 e. The molecule has 141 heavy (non-hydrogen) atoms. The van der Waals surface area contributed by atoms with Crippen LogP contribution in [-0.4, -0.2) is 0 Å². The first kappa shape index (κ1) is 60.0. The lowest BCUT2D eigenvalue weighted by Crippen LogP contribution is -1.92. The van der Waals surface area contributed by atoms with Gasteiger partial charge in [0.2, 0.25) is 0 Å². The molecular formula is C138H84O3. The fourth-order valence-electron chi connectivity index (χ4n) is 21.7. The quantitative estimate of drug-likeness (QED) is 0.135. The minimum Gasteiger partial charge on any atom is -0.455 e. The molecule has 3 nitrogen and oxygen atoms in total. The molecule has 0 amide bonds. The van der Waals surface area contributed by atoms with Gasteiger partial charge in [-0.25, -0.2) is 0 Å². The van der Waals surface area contributed by atoms with E-state index in [0.29, 0.717) is 100 Å². The topological polar surface area (TPSA) is 39.4 Å². The van der Waals surface area contributed by atoms with Crippen LogP contribution in [0.15, 0.2) is 522 Å². The zero-order valence-corrected chi connectivity index (χ0v) is 74.9. The highest BCUT2D eigenvalue weighted by molar-refractivity contribution is 6.30. The Morgan fingerprint density at radius 2 is 0.369 bits per heavy atom. The lowest BCUT2D eigenvalue weighted by atomic mass is 9.83. The second-order valence-electron chi connectivity index (χ2n) is 35.4. The van der Waals surface area contributed by atoms with Crippen molar-refractivity contribution in [3.63, 3.8) is 0 Å². The zero-order valence-electron chi connectivity index (χ0n) is 98.9. The van der Waals surface area contributed by atoms with Crippen LogP contribution >= 0.6 is 0 Å². The van der Waals surface area contributed by atoms with Gasteiger partial charge in [-0.15, -0.1) is 0 Å². The fraction of sp³-hybridized carbons (Fsp3) is 0. The van der Waals surface area contributed by atoms with Crippen LogP contribution < -0.4 is 0 Å². The van der Waals surface area contributed by atoms with E-state index in [-0.39, 0.29) is 137 Å². The van der Waals surface area contributed by atoms with E-state index in [0.717, 1.165) is 130 Å². The van der Waals surface area contributed by atoms with Crippen molar-refractivity contribution < 1.29 is 46.1 Å². The van der Waals surface area contributed by atoms with Gasteiger partial charge in [-0.05, 0) is 268 Å². The normalized spacial score (nSPS) is 14.2. The van der Waals surface area contributed by atoms with Crippen molar-refractivity contribution in [3.8, 4) is 100 Å². The molecule has 0 aliphatic rings. The Morgan fingerprint density at radius 3 is 0.730 bits per heavy atom. The van der Waals surface area contributed by atoms with Gasteiger partial charge in [0.05, 0.1) is 32.9 Å². The van der Waals surface area contributed by atoms with E-state index in [2.05, 4.69) is 24.3 Å². The molecule has 0 fully saturated rings. The number of benzene rings is 27. The summed E-state index contributed by atoms with van der Waals surface area (Å²) in [4.78, 5) is 0. The number of fused-ring (bicyclic) bond motifs is 24. The highest BCUT2D eigenvalue weighted by Crippen LogP contribution is 2.54. The zero-order chi connectivity index (χ0) is 114. The summed E-state index contributed by atoms with van der Waals surface area (Å²) in [5, 5.41) is 18.4. The molecule has 30 rings (SSSR count). The molecule has 0 atom stereocenters. The van der Waals surface area contributed by atoms with Crippen LogP contribution in [0.1, 0.15) is 32.9 Å². The van der Waals surface area contributed by atoms with Crippen LogP contribution in [0.25, 0.3) is 295 Å². The van der Waals surface area contributed by atoms with Crippen LogP contribution in [0.4, 0.5) is 0 Å². The van der Waals surface area contributed by atoms with E-state index in [4.69, 9.17) is 29.7 Å². The summed E-state index contributed by atoms with van der Waals surface area (Å²) < 4.78 is 239. The molecule has 0 radical (unpaired) electrons. The minimum atomic E-state index is -0.438. The van der Waals surface area contributed by atoms with Crippen LogP contribution in [0.2, 0.25) is 0 Å². The Balaban J connectivity index is 0.000000116. The molecule has 0 unspecified atom stereocenters. The Bertz CT molecular complexity index is 11800. The molecule has 27 aromatic carbocycles. The van der Waals surface area contributed by atoms with Crippen molar-refractivity contribution >= 4 is 195 Å². The van der Waals surface area contributed by atoms with E-state index >= 15 is 0 Å². The number of hydrogen-bond acceptors (Lipinski definition) is 3. The molecule has 0 saturated carbocycles. The fourth-order valence-corrected chi connectivity index (χ4v) is 21.7. The summed E-state index contributed by atoms with van der Waals surface area (Å²) in [6, 6.07) is 108. The van der Waals surface area contributed by atoms with Gasteiger partial charge in [0, 0.05) is 48.5 Å². The average Bonchev–Trinajstić information content (AvgIpc) is 1.69. The summed E-state index contributed by atoms with van der Waals surface area (Å²) in [6.07, 6.45) is 0. The van der Waals surface area contributed by atoms with Crippen LogP contribution in [0.5, 0.6) is 0 Å². The van der Waals surface area contributed by atoms with Gasteiger partial charge < -0.3 is 13.3 Å². The highest BCUT2D eigenvalue weighted by Gasteiger charge is 2.27. The number of furan rings is 3. The number of rotatable bonds is 9. The van der Waals surface area contributed by atoms with Crippen molar-refractivity contribution in [1.29, 1.82) is 0 Å². The Hall–Kier alpha value is -18.5. The molecule has 3 heteroatoms. The molecule has 0 spiro atoms. The van der Waals surface area contributed by atoms with Crippen molar-refractivity contribution in [2.45, 2.75) is 0 Å². The van der Waals surface area contributed by atoms with E-state index in [9.17, 15) is 16.4 Å². The Morgan fingerprint density at radius 1 is 0.128 bits per heavy atom. The first-order valence-corrected chi connectivity index (χ1v) is 46.6. The molecule has 0 saturated heterocycles. The summed E-state index contributed by atoms with van der Waals surface area (Å²) in [5.41, 5.74) is 14.8. The predicted molar refractivity (Wildman–Crippen MR) is 600 cm³/mol. The Kier molecular flexibility index (Phi) is 14.1. The lowest BCUT2D eigenvalue weighted by Gasteiger charge is -2.20. The van der Waals surface area contributed by atoms with Crippen molar-refractivity contribution in [2.24, 2.45) is 0 Å². The van der Waals surface area contributed by atoms with Crippen LogP contribution in [0.3, 0.4) is 0 Å². The van der Waals surface area contributed by atoms with Gasteiger partial charge >= 0.3 is 0 Å². The standard InChI is InChI=1S/C50H30O.C46H28O.C42H26O/c1-3-15-34-31(12-1)14-11-23-36(34)39-27-28-44(38-18-6-5-17-37(38)39)49-42-21-9-7-19-40(42)48(41-20-8-10-22-43(41)49)33-25-29-47-46(30-33)45-26-24-32-13-2-4-16-35(32)50(45)51-47;1-2-12-29(13-3-1)32-25-26-40(35-17-7-6-16-34(32)35)45-38-20-10-8-18-36(38)44(37-19-9-11-21-39(37)45)31-23-27-43-42(28-31)41-24-22-30-14-4-5-15-33(30)46(41)47-43;1-2-12-27(13-3-1)30-15-6-7-17-32(30)41-35-20-10-8-18-33(35)40(34-19-9-11-21-36(34)41)29-23-25-39-38(26-29)37-24-22-28-14-4-5-16-31(28)42(37)43-39/h1-30H;1-28H;1-26H/i7D,8D,9D,10D,19D,20D,21D,22D;2*8D,9D,10D,11D,18D,19D,20D,21D. The van der Waals surface area contributed by atoms with Gasteiger partial charge in [0.25, 0.3) is 0 Å². The SMILES string of the molecule is [2H]c1c([2H])c([2H])c2c(-c3ccc(-c4cccc5ccccc45)c4ccccc34)c3c([2H])c([2H])c([2H])c([2H])c3c(-c3ccc4oc5c6ccccc6ccc5c4c3)c2c1[2H].[2H]c1c([2H])c([2H])c2c(-c3ccc(-c4ccccc4)c4ccccc34)c3c([2H])c([2H])c([2H])c([2H])c3c(-c3ccc4oc5c6ccccc6ccc5c4c3)c2c1[2H].[2H]c1c([2H])c([2H])c2c(-c3ccccc3-c3ccccc3)c3c([2H])c([2H])c([2H])c([2H])c3c(-c3ccc4oc5c6ccccc6ccc5c4c3)c2c1[2H]. The maximum atomic E-state index is 9.54. The first-order valence-electron chi connectivity index (χ1n) is 58.6. The van der Waals surface area contributed by atoms with Gasteiger partial charge in [-0.2, -0.15) is 0 Å². The number of hydrogen-bond donors (Lipinski definition) is 0. The van der Waals surface area contributed by atoms with Gasteiger partial charge in [-0.3, -0.25) is 0 Å². The largest absolute Gasteiger partial charge is 0.455 e. The molecule has 3 aromatic heterocycles. The van der Waals surface area contributed by atoms with Crippen molar-refractivity contribution in [2.75, 3.05) is 0 Å². The summed E-state index contributed by atoms with van der Waals surface area (Å²) in [6.45, 7) is 0. The second-order valence-corrected chi connectivity index (χ2v) is 35.4. The molecule has 654 valence electrons. The van der Waals surface area contributed by atoms with Crippen LogP contribution in [0, 0.1) is 0 Å². The monoisotopic (exact) mass is 1810 g/mol. The van der Waals surface area contributed by atoms with E-state index in [1.807, 2.05) is 322 Å². The Labute approximate surface area is 845 Å².